The SMILES string of the molecule is Cc1nn(C2CCC(=O)NC2=O)c(=O)c2cc(N3CCN(C(=O)CCl)CC3)ccc12. The number of carbonyl (C=O) groups excluding carboxylic acids is 3. The minimum atomic E-state index is -0.799. The quantitative estimate of drug-likeness (QED) is 0.562. The van der Waals surface area contributed by atoms with E-state index in [1.54, 1.807) is 11.8 Å². The number of aromatic nitrogens is 2. The van der Waals surface area contributed by atoms with Crippen molar-refractivity contribution in [2.45, 2.75) is 25.8 Å². The van der Waals surface area contributed by atoms with E-state index in [1.807, 2.05) is 18.2 Å². The molecule has 0 radical (unpaired) electrons. The Balaban J connectivity index is 1.66. The van der Waals surface area contributed by atoms with Gasteiger partial charge in [-0.25, -0.2) is 4.68 Å². The van der Waals surface area contributed by atoms with E-state index in [-0.39, 0.29) is 36.1 Å². The molecule has 2 fully saturated rings. The number of amides is 3. The van der Waals surface area contributed by atoms with Crippen molar-refractivity contribution in [2.24, 2.45) is 0 Å². The van der Waals surface area contributed by atoms with E-state index < -0.39 is 11.9 Å². The van der Waals surface area contributed by atoms with Gasteiger partial charge in [0.1, 0.15) is 11.9 Å². The third kappa shape index (κ3) is 3.65. The number of carbonyl (C=O) groups is 3. The highest BCUT2D eigenvalue weighted by Crippen LogP contribution is 2.24. The summed E-state index contributed by atoms with van der Waals surface area (Å²) in [5.74, 6) is -0.947. The van der Waals surface area contributed by atoms with Crippen molar-refractivity contribution in [3.8, 4) is 0 Å². The Kier molecular flexibility index (Phi) is 5.46. The van der Waals surface area contributed by atoms with Crippen LogP contribution in [0.15, 0.2) is 23.0 Å². The van der Waals surface area contributed by atoms with Crippen LogP contribution in [0.3, 0.4) is 0 Å². The van der Waals surface area contributed by atoms with Crippen LogP contribution in [-0.2, 0) is 14.4 Å². The average molecular weight is 432 g/mol. The maximum atomic E-state index is 13.2. The molecule has 0 aliphatic carbocycles. The standard InChI is InChI=1S/C20H22ClN5O4/c1-12-14-3-2-13(24-6-8-25(9-7-24)18(28)11-21)10-15(14)20(30)26(23-12)16-4-5-17(27)22-19(16)29/h2-3,10,16H,4-9,11H2,1H3,(H,22,27,29). The van der Waals surface area contributed by atoms with Gasteiger partial charge in [0.05, 0.1) is 11.1 Å². The Morgan fingerprint density at radius 1 is 1.17 bits per heavy atom. The second-order valence-corrected chi connectivity index (χ2v) is 7.80. The number of fused-ring (bicyclic) bond motifs is 1. The molecule has 1 atom stereocenters. The molecule has 3 heterocycles. The molecule has 2 aliphatic heterocycles. The number of piperazine rings is 1. The lowest BCUT2D eigenvalue weighted by Gasteiger charge is -2.36. The molecule has 1 unspecified atom stereocenters. The van der Waals surface area contributed by atoms with Gasteiger partial charge in [0, 0.05) is 43.7 Å². The number of halogens is 1. The molecule has 1 N–H and O–H groups in total. The minimum Gasteiger partial charge on any atom is -0.368 e. The summed E-state index contributed by atoms with van der Waals surface area (Å²) in [6.07, 6.45) is 0.422. The number of anilines is 1. The molecule has 3 amide bonds. The molecule has 9 nitrogen and oxygen atoms in total. The number of benzene rings is 1. The van der Waals surface area contributed by atoms with E-state index in [9.17, 15) is 19.2 Å². The van der Waals surface area contributed by atoms with Crippen molar-refractivity contribution < 1.29 is 14.4 Å². The molecule has 30 heavy (non-hydrogen) atoms. The molecular formula is C20H22ClN5O4. The second-order valence-electron chi connectivity index (χ2n) is 7.53. The fourth-order valence-electron chi connectivity index (χ4n) is 4.03. The molecular weight excluding hydrogens is 410 g/mol. The molecule has 2 aromatic rings. The van der Waals surface area contributed by atoms with Gasteiger partial charge in [0.25, 0.3) is 11.5 Å². The summed E-state index contributed by atoms with van der Waals surface area (Å²) < 4.78 is 1.19. The molecule has 0 spiro atoms. The molecule has 0 bridgehead atoms. The zero-order chi connectivity index (χ0) is 21.4. The monoisotopic (exact) mass is 431 g/mol. The van der Waals surface area contributed by atoms with Crippen LogP contribution in [0.2, 0.25) is 0 Å². The first-order valence-corrected chi connectivity index (χ1v) is 10.4. The topological polar surface area (TPSA) is 105 Å². The predicted octanol–water partition coefficient (Wildman–Crippen LogP) is 0.570. The van der Waals surface area contributed by atoms with Crippen molar-refractivity contribution >= 4 is 45.8 Å². The first-order chi connectivity index (χ1) is 14.4. The number of alkyl halides is 1. The van der Waals surface area contributed by atoms with E-state index >= 15 is 0 Å². The van der Waals surface area contributed by atoms with Gasteiger partial charge < -0.3 is 9.80 Å². The van der Waals surface area contributed by atoms with E-state index in [0.29, 0.717) is 37.3 Å². The van der Waals surface area contributed by atoms with Crippen LogP contribution in [-0.4, -0.2) is 64.5 Å². The van der Waals surface area contributed by atoms with Gasteiger partial charge in [0.2, 0.25) is 11.8 Å². The minimum absolute atomic E-state index is 0.0257. The number of nitrogens with zero attached hydrogens (tertiary/aromatic N) is 4. The zero-order valence-corrected chi connectivity index (χ0v) is 17.3. The van der Waals surface area contributed by atoms with Crippen LogP contribution in [0.1, 0.15) is 24.6 Å². The maximum Gasteiger partial charge on any atom is 0.275 e. The summed E-state index contributed by atoms with van der Waals surface area (Å²) in [6, 6.07) is 4.81. The van der Waals surface area contributed by atoms with Crippen LogP contribution in [0.4, 0.5) is 5.69 Å². The number of aryl methyl sites for hydroxylation is 1. The lowest BCUT2D eigenvalue weighted by molar-refractivity contribution is -0.136. The second kappa shape index (κ2) is 8.06. The van der Waals surface area contributed by atoms with Crippen molar-refractivity contribution in [3.63, 3.8) is 0 Å². The molecule has 1 aromatic heterocycles. The van der Waals surface area contributed by atoms with Crippen LogP contribution >= 0.6 is 11.6 Å². The van der Waals surface area contributed by atoms with Crippen molar-refractivity contribution in [3.05, 3.63) is 34.2 Å². The average Bonchev–Trinajstić information content (AvgIpc) is 2.76. The Labute approximate surface area is 177 Å². The van der Waals surface area contributed by atoms with Crippen molar-refractivity contribution in [1.29, 1.82) is 0 Å². The fourth-order valence-corrected chi connectivity index (χ4v) is 4.20. The van der Waals surface area contributed by atoms with E-state index in [1.165, 1.54) is 4.68 Å². The molecule has 10 heteroatoms. The largest absolute Gasteiger partial charge is 0.368 e. The van der Waals surface area contributed by atoms with Crippen LogP contribution < -0.4 is 15.8 Å². The summed E-state index contributed by atoms with van der Waals surface area (Å²) in [7, 11) is 0. The number of hydrogen-bond donors (Lipinski definition) is 1. The molecule has 1 aromatic carbocycles. The summed E-state index contributed by atoms with van der Waals surface area (Å²) in [5, 5.41) is 7.82. The van der Waals surface area contributed by atoms with Gasteiger partial charge in [-0.15, -0.1) is 11.6 Å². The summed E-state index contributed by atoms with van der Waals surface area (Å²) in [6.45, 7) is 4.21. The van der Waals surface area contributed by atoms with Gasteiger partial charge in [-0.3, -0.25) is 24.5 Å². The molecule has 0 saturated carbocycles. The Morgan fingerprint density at radius 3 is 2.57 bits per heavy atom. The zero-order valence-electron chi connectivity index (χ0n) is 16.6. The van der Waals surface area contributed by atoms with Crippen molar-refractivity contribution in [1.82, 2.24) is 20.0 Å². The normalized spacial score (nSPS) is 19.9. The van der Waals surface area contributed by atoms with Crippen LogP contribution in [0, 0.1) is 6.92 Å². The third-order valence-corrected chi connectivity index (χ3v) is 5.93. The molecule has 158 valence electrons. The van der Waals surface area contributed by atoms with Gasteiger partial charge in [-0.05, 0) is 25.5 Å². The highest BCUT2D eigenvalue weighted by Gasteiger charge is 2.30. The number of imide groups is 1. The summed E-state index contributed by atoms with van der Waals surface area (Å²) in [4.78, 5) is 52.5. The molecule has 2 aliphatic rings. The van der Waals surface area contributed by atoms with Gasteiger partial charge in [0.15, 0.2) is 0 Å². The first kappa shape index (κ1) is 20.3. The number of hydrogen-bond acceptors (Lipinski definition) is 6. The first-order valence-electron chi connectivity index (χ1n) is 9.84. The van der Waals surface area contributed by atoms with E-state index in [2.05, 4.69) is 15.3 Å². The summed E-state index contributed by atoms with van der Waals surface area (Å²) in [5.41, 5.74) is 1.15. The Bertz CT molecular complexity index is 1090. The molecule has 4 rings (SSSR count). The van der Waals surface area contributed by atoms with E-state index in [0.717, 1.165) is 11.1 Å². The number of nitrogens with one attached hydrogen (secondary N) is 1. The predicted molar refractivity (Wildman–Crippen MR) is 112 cm³/mol. The van der Waals surface area contributed by atoms with Crippen molar-refractivity contribution in [2.75, 3.05) is 37.0 Å². The number of rotatable bonds is 3. The summed E-state index contributed by atoms with van der Waals surface area (Å²) >= 11 is 5.64. The van der Waals surface area contributed by atoms with E-state index in [4.69, 9.17) is 11.6 Å². The molecule has 2 saturated heterocycles. The third-order valence-electron chi connectivity index (χ3n) is 5.71. The van der Waals surface area contributed by atoms with Gasteiger partial charge >= 0.3 is 0 Å². The smallest absolute Gasteiger partial charge is 0.275 e. The highest BCUT2D eigenvalue weighted by atomic mass is 35.5. The highest BCUT2D eigenvalue weighted by molar-refractivity contribution is 6.27. The number of piperidine rings is 1. The maximum absolute atomic E-state index is 13.2. The van der Waals surface area contributed by atoms with Gasteiger partial charge in [-0.2, -0.15) is 5.10 Å². The fraction of sp³-hybridized carbons (Fsp3) is 0.450. The van der Waals surface area contributed by atoms with Crippen LogP contribution in [0.25, 0.3) is 10.8 Å². The van der Waals surface area contributed by atoms with Gasteiger partial charge in [-0.1, -0.05) is 6.07 Å². The lowest BCUT2D eigenvalue weighted by atomic mass is 10.1. The van der Waals surface area contributed by atoms with Crippen LogP contribution in [0.5, 0.6) is 0 Å². The Morgan fingerprint density at radius 2 is 1.90 bits per heavy atom. The lowest BCUT2D eigenvalue weighted by Crippen LogP contribution is -2.49. The Hall–Kier alpha value is -2.94.